The largest absolute Gasteiger partial charge is 0.316 e. The molecule has 0 unspecified atom stereocenters. The van der Waals surface area contributed by atoms with Gasteiger partial charge in [0.15, 0.2) is 4.96 Å². The average molecular weight is 348 g/mol. The Labute approximate surface area is 141 Å². The van der Waals surface area contributed by atoms with Crippen LogP contribution in [0.5, 0.6) is 0 Å². The van der Waals surface area contributed by atoms with Crippen molar-refractivity contribution in [1.29, 1.82) is 0 Å². The number of carbonyl (C=O) groups excluding carboxylic acids is 1. The topological polar surface area (TPSA) is 63.5 Å². The molecule has 0 aliphatic heterocycles. The van der Waals surface area contributed by atoms with Gasteiger partial charge in [0.05, 0.1) is 16.3 Å². The predicted molar refractivity (Wildman–Crippen MR) is 93.0 cm³/mol. The Balaban J connectivity index is 2.10. The van der Waals surface area contributed by atoms with E-state index < -0.39 is 5.91 Å². The van der Waals surface area contributed by atoms with Gasteiger partial charge in [-0.05, 0) is 32.9 Å². The predicted octanol–water partition coefficient (Wildman–Crippen LogP) is 3.59. The molecular weight excluding hydrogens is 334 g/mol. The maximum Gasteiger partial charge on any atom is 0.282 e. The molecule has 0 radical (unpaired) electrons. The number of rotatable bonds is 2. The summed E-state index contributed by atoms with van der Waals surface area (Å²) in [5.41, 5.74) is 1.52. The third-order valence-corrected chi connectivity index (χ3v) is 5.07. The molecule has 23 heavy (non-hydrogen) atoms. The van der Waals surface area contributed by atoms with Gasteiger partial charge in [-0.1, -0.05) is 23.7 Å². The maximum atomic E-state index is 12.7. The van der Waals surface area contributed by atoms with E-state index in [0.717, 1.165) is 10.6 Å². The first-order valence-electron chi connectivity index (χ1n) is 6.95. The number of nitrogens with zero attached hydrogens (tertiary/aromatic N) is 2. The summed E-state index contributed by atoms with van der Waals surface area (Å²) in [5.74, 6) is -0.429. The summed E-state index contributed by atoms with van der Waals surface area (Å²) in [5, 5.41) is 2.98. The quantitative estimate of drug-likeness (QED) is 0.770. The Kier molecular flexibility index (Phi) is 3.95. The number of benzene rings is 1. The highest BCUT2D eigenvalue weighted by atomic mass is 35.5. The van der Waals surface area contributed by atoms with E-state index in [-0.39, 0.29) is 11.2 Å². The smallest absolute Gasteiger partial charge is 0.282 e. The van der Waals surface area contributed by atoms with Crippen LogP contribution < -0.4 is 10.9 Å². The lowest BCUT2D eigenvalue weighted by molar-refractivity contribution is 0.102. The van der Waals surface area contributed by atoms with Crippen molar-refractivity contribution in [2.75, 3.05) is 5.32 Å². The summed E-state index contributed by atoms with van der Waals surface area (Å²) in [7, 11) is 0. The lowest BCUT2D eigenvalue weighted by Gasteiger charge is -2.09. The van der Waals surface area contributed by atoms with E-state index in [2.05, 4.69) is 10.3 Å². The van der Waals surface area contributed by atoms with Crippen molar-refractivity contribution in [2.24, 2.45) is 0 Å². The van der Waals surface area contributed by atoms with Crippen LogP contribution in [0.25, 0.3) is 4.96 Å². The van der Waals surface area contributed by atoms with Crippen LogP contribution in [0.1, 0.15) is 26.6 Å². The van der Waals surface area contributed by atoms with Crippen LogP contribution in [0.4, 0.5) is 5.69 Å². The number of anilines is 1. The molecule has 5 nitrogen and oxygen atoms in total. The number of hydrogen-bond acceptors (Lipinski definition) is 4. The molecule has 2 aromatic heterocycles. The fourth-order valence-corrected chi connectivity index (χ4v) is 3.53. The minimum absolute atomic E-state index is 0.174. The Morgan fingerprint density at radius 3 is 2.65 bits per heavy atom. The number of aromatic nitrogens is 2. The van der Waals surface area contributed by atoms with Gasteiger partial charge < -0.3 is 5.32 Å². The molecule has 118 valence electrons. The highest BCUT2D eigenvalue weighted by Gasteiger charge is 2.18. The molecule has 3 aromatic rings. The summed E-state index contributed by atoms with van der Waals surface area (Å²) in [4.78, 5) is 31.2. The lowest BCUT2D eigenvalue weighted by atomic mass is 10.2. The van der Waals surface area contributed by atoms with E-state index in [4.69, 9.17) is 11.6 Å². The van der Waals surface area contributed by atoms with E-state index in [0.29, 0.717) is 21.2 Å². The summed E-state index contributed by atoms with van der Waals surface area (Å²) in [6, 6.07) is 6.69. The molecule has 2 heterocycles. The number of thiazole rings is 1. The molecule has 1 N–H and O–H groups in total. The van der Waals surface area contributed by atoms with Crippen molar-refractivity contribution < 1.29 is 4.79 Å². The normalized spacial score (nSPS) is 11.0. The van der Waals surface area contributed by atoms with Crippen molar-refractivity contribution >= 4 is 39.5 Å². The summed E-state index contributed by atoms with van der Waals surface area (Å²) in [6.45, 7) is 5.50. The van der Waals surface area contributed by atoms with Crippen LogP contribution in [-0.4, -0.2) is 15.3 Å². The molecule has 0 bridgehead atoms. The third-order valence-electron chi connectivity index (χ3n) is 3.68. The molecule has 1 aromatic carbocycles. The Hall–Kier alpha value is -2.18. The fourth-order valence-electron chi connectivity index (χ4n) is 2.31. The Bertz CT molecular complexity index is 991. The van der Waals surface area contributed by atoms with Crippen LogP contribution >= 0.6 is 22.9 Å². The molecule has 3 rings (SSSR count). The number of amides is 1. The zero-order chi connectivity index (χ0) is 16.7. The molecule has 0 spiro atoms. The van der Waals surface area contributed by atoms with E-state index in [1.807, 2.05) is 13.8 Å². The second-order valence-corrected chi connectivity index (χ2v) is 6.76. The molecule has 0 fully saturated rings. The molecule has 1 amide bonds. The molecule has 7 heteroatoms. The van der Waals surface area contributed by atoms with Crippen molar-refractivity contribution in [3.63, 3.8) is 0 Å². The van der Waals surface area contributed by atoms with E-state index >= 15 is 0 Å². The van der Waals surface area contributed by atoms with Crippen LogP contribution in [0.2, 0.25) is 5.02 Å². The first kappa shape index (κ1) is 15.7. The SMILES string of the molecule is Cc1nc2sc(C)c(C)n2c(=O)c1NC(=O)c1ccccc1Cl. The van der Waals surface area contributed by atoms with Gasteiger partial charge in [0.2, 0.25) is 0 Å². The number of aryl methyl sites for hydroxylation is 3. The Morgan fingerprint density at radius 2 is 1.96 bits per heavy atom. The van der Waals surface area contributed by atoms with Crippen LogP contribution in [0, 0.1) is 20.8 Å². The van der Waals surface area contributed by atoms with Crippen molar-refractivity contribution in [3.05, 3.63) is 61.5 Å². The number of carbonyl (C=O) groups is 1. The van der Waals surface area contributed by atoms with Gasteiger partial charge >= 0.3 is 0 Å². The highest BCUT2D eigenvalue weighted by Crippen LogP contribution is 2.22. The first-order chi connectivity index (χ1) is 10.9. The van der Waals surface area contributed by atoms with E-state index in [1.54, 1.807) is 31.2 Å². The fraction of sp³-hybridized carbons (Fsp3) is 0.188. The number of halogens is 1. The second-order valence-electron chi connectivity index (χ2n) is 5.17. The van der Waals surface area contributed by atoms with Gasteiger partial charge in [0.25, 0.3) is 11.5 Å². The second kappa shape index (κ2) is 5.79. The van der Waals surface area contributed by atoms with E-state index in [9.17, 15) is 9.59 Å². The maximum absolute atomic E-state index is 12.7. The van der Waals surface area contributed by atoms with Crippen molar-refractivity contribution in [3.8, 4) is 0 Å². The van der Waals surface area contributed by atoms with Gasteiger partial charge in [-0.2, -0.15) is 0 Å². The van der Waals surface area contributed by atoms with Gasteiger partial charge in [0, 0.05) is 10.6 Å². The Morgan fingerprint density at radius 1 is 1.26 bits per heavy atom. The lowest BCUT2D eigenvalue weighted by Crippen LogP contribution is -2.25. The third kappa shape index (κ3) is 2.64. The minimum Gasteiger partial charge on any atom is -0.316 e. The zero-order valence-corrected chi connectivity index (χ0v) is 14.4. The average Bonchev–Trinajstić information content (AvgIpc) is 2.78. The van der Waals surface area contributed by atoms with Gasteiger partial charge in [-0.15, -0.1) is 11.3 Å². The highest BCUT2D eigenvalue weighted by molar-refractivity contribution is 7.17. The van der Waals surface area contributed by atoms with Crippen LogP contribution in [-0.2, 0) is 0 Å². The van der Waals surface area contributed by atoms with Crippen molar-refractivity contribution in [1.82, 2.24) is 9.38 Å². The molecule has 0 saturated carbocycles. The van der Waals surface area contributed by atoms with Crippen molar-refractivity contribution in [2.45, 2.75) is 20.8 Å². The van der Waals surface area contributed by atoms with Crippen LogP contribution in [0.3, 0.4) is 0 Å². The van der Waals surface area contributed by atoms with Gasteiger partial charge in [-0.25, -0.2) is 4.98 Å². The zero-order valence-electron chi connectivity index (χ0n) is 12.8. The summed E-state index contributed by atoms with van der Waals surface area (Å²) >= 11 is 7.48. The van der Waals surface area contributed by atoms with Gasteiger partial charge in [0.1, 0.15) is 5.69 Å². The standard InChI is InChI=1S/C16H14ClN3O2S/c1-8-13(19-14(21)11-6-4-5-7-12(11)17)15(22)20-9(2)10(3)23-16(20)18-8/h4-7H,1-3H3,(H,19,21). The number of hydrogen-bond donors (Lipinski definition) is 1. The molecule has 0 atom stereocenters. The van der Waals surface area contributed by atoms with Gasteiger partial charge in [-0.3, -0.25) is 14.0 Å². The molecule has 0 saturated heterocycles. The van der Waals surface area contributed by atoms with Crippen LogP contribution in [0.15, 0.2) is 29.1 Å². The number of fused-ring (bicyclic) bond motifs is 1. The number of nitrogens with one attached hydrogen (secondary N) is 1. The monoisotopic (exact) mass is 347 g/mol. The summed E-state index contributed by atoms with van der Waals surface area (Å²) in [6.07, 6.45) is 0. The minimum atomic E-state index is -0.429. The van der Waals surface area contributed by atoms with E-state index in [1.165, 1.54) is 15.7 Å². The first-order valence-corrected chi connectivity index (χ1v) is 8.15. The molecule has 0 aliphatic carbocycles. The summed E-state index contributed by atoms with van der Waals surface area (Å²) < 4.78 is 1.52. The molecule has 0 aliphatic rings. The molecular formula is C16H14ClN3O2S.